The molecule has 0 unspecified atom stereocenters. The molecule has 0 saturated carbocycles. The fourth-order valence-electron chi connectivity index (χ4n) is 2.84. The van der Waals surface area contributed by atoms with Gasteiger partial charge in [0, 0.05) is 0 Å². The third-order valence-corrected chi connectivity index (χ3v) is 6.57. The second-order valence-electron chi connectivity index (χ2n) is 6.00. The Morgan fingerprint density at radius 1 is 0.741 bits per heavy atom. The maximum Gasteiger partial charge on any atom is 0.244 e. The summed E-state index contributed by atoms with van der Waals surface area (Å²) in [7, 11) is -4.02. The highest BCUT2D eigenvalue weighted by Gasteiger charge is 2.30. The van der Waals surface area contributed by atoms with E-state index in [1.165, 1.54) is 12.1 Å². The maximum absolute atomic E-state index is 13.1. The number of sulfonamides is 1. The number of benzene rings is 3. The highest BCUT2D eigenvalue weighted by Crippen LogP contribution is 2.33. The lowest BCUT2D eigenvalue weighted by Crippen LogP contribution is -2.36. The van der Waals surface area contributed by atoms with Gasteiger partial charge in [0.15, 0.2) is 0 Å². The number of halogens is 2. The Morgan fingerprint density at radius 2 is 1.22 bits per heavy atom. The molecule has 7 heteroatoms. The van der Waals surface area contributed by atoms with Crippen LogP contribution in [0.5, 0.6) is 0 Å². The van der Waals surface area contributed by atoms with Crippen LogP contribution in [0, 0.1) is 0 Å². The number of hydrogen-bond acceptors (Lipinski definition) is 3. The number of hydrogen-bond donors (Lipinski definition) is 2. The quantitative estimate of drug-likeness (QED) is 0.605. The van der Waals surface area contributed by atoms with Crippen molar-refractivity contribution in [1.82, 2.24) is 4.72 Å². The van der Waals surface area contributed by atoms with E-state index >= 15 is 0 Å². The molecule has 0 amide bonds. The lowest BCUT2D eigenvalue weighted by atomic mass is 9.95. The molecule has 0 radical (unpaired) electrons. The first-order valence-electron chi connectivity index (χ1n) is 8.22. The minimum Gasteiger partial charge on any atom is -0.322 e. The minimum absolute atomic E-state index is 0.0510. The molecule has 0 bridgehead atoms. The zero-order chi connectivity index (χ0) is 19.4. The molecule has 2 atom stereocenters. The van der Waals surface area contributed by atoms with Crippen molar-refractivity contribution >= 4 is 33.2 Å². The molecule has 0 spiro atoms. The Labute approximate surface area is 169 Å². The SMILES string of the molecule is N[C@H](c1ccccc1)[C@H](NS(=O)(=O)c1c(Cl)cccc1Cl)c1ccccc1. The van der Waals surface area contributed by atoms with Gasteiger partial charge in [-0.2, -0.15) is 0 Å². The van der Waals surface area contributed by atoms with Crippen LogP contribution in [-0.2, 0) is 10.0 Å². The van der Waals surface area contributed by atoms with Crippen LogP contribution in [-0.4, -0.2) is 8.42 Å². The van der Waals surface area contributed by atoms with Crippen molar-refractivity contribution in [3.63, 3.8) is 0 Å². The van der Waals surface area contributed by atoms with Crippen LogP contribution >= 0.6 is 23.2 Å². The molecule has 3 N–H and O–H groups in total. The number of nitrogens with one attached hydrogen (secondary N) is 1. The van der Waals surface area contributed by atoms with E-state index in [0.717, 1.165) is 11.1 Å². The highest BCUT2D eigenvalue weighted by molar-refractivity contribution is 7.89. The Balaban J connectivity index is 2.04. The average molecular weight is 421 g/mol. The summed E-state index contributed by atoms with van der Waals surface area (Å²) in [5.74, 6) is 0. The van der Waals surface area contributed by atoms with Gasteiger partial charge in [0.05, 0.1) is 22.1 Å². The molecule has 4 nitrogen and oxygen atoms in total. The zero-order valence-electron chi connectivity index (χ0n) is 14.2. The van der Waals surface area contributed by atoms with E-state index in [2.05, 4.69) is 4.72 Å². The van der Waals surface area contributed by atoms with Crippen LogP contribution in [0.15, 0.2) is 83.8 Å². The summed E-state index contributed by atoms with van der Waals surface area (Å²) in [4.78, 5) is -0.158. The summed E-state index contributed by atoms with van der Waals surface area (Å²) in [5, 5.41) is 0.102. The molecule has 140 valence electrons. The second kappa shape index (κ2) is 8.42. The molecule has 3 rings (SSSR count). The number of nitrogens with two attached hydrogens (primary N) is 1. The standard InChI is InChI=1S/C20H18Cl2N2O2S/c21-16-12-7-13-17(22)20(16)27(25,26)24-19(15-10-5-2-6-11-15)18(23)14-8-3-1-4-9-14/h1-13,18-19,24H,23H2/t18-,19-/m1/s1. The smallest absolute Gasteiger partial charge is 0.244 e. The molecule has 0 aliphatic heterocycles. The van der Waals surface area contributed by atoms with Gasteiger partial charge in [-0.1, -0.05) is 89.9 Å². The van der Waals surface area contributed by atoms with Crippen molar-refractivity contribution in [3.8, 4) is 0 Å². The van der Waals surface area contributed by atoms with Crippen LogP contribution in [0.2, 0.25) is 10.0 Å². The Hall–Kier alpha value is -1.89. The molecule has 0 aromatic heterocycles. The summed E-state index contributed by atoms with van der Waals surface area (Å²) in [6.45, 7) is 0. The van der Waals surface area contributed by atoms with Gasteiger partial charge in [-0.05, 0) is 23.3 Å². The molecule has 0 heterocycles. The predicted octanol–water partition coefficient (Wildman–Crippen LogP) is 4.71. The Morgan fingerprint density at radius 3 is 1.74 bits per heavy atom. The second-order valence-corrected chi connectivity index (χ2v) is 8.46. The maximum atomic E-state index is 13.1. The predicted molar refractivity (Wildman–Crippen MR) is 109 cm³/mol. The third-order valence-electron chi connectivity index (χ3n) is 4.17. The van der Waals surface area contributed by atoms with Gasteiger partial charge in [-0.15, -0.1) is 0 Å². The lowest BCUT2D eigenvalue weighted by Gasteiger charge is -2.26. The summed E-state index contributed by atoms with van der Waals surface area (Å²) in [6, 6.07) is 21.7. The van der Waals surface area contributed by atoms with Gasteiger partial charge < -0.3 is 5.73 Å². The molecule has 0 fully saturated rings. The molecule has 3 aromatic rings. The first-order chi connectivity index (χ1) is 12.9. The highest BCUT2D eigenvalue weighted by atomic mass is 35.5. The van der Waals surface area contributed by atoms with E-state index in [1.807, 2.05) is 60.7 Å². The van der Waals surface area contributed by atoms with Crippen molar-refractivity contribution in [1.29, 1.82) is 0 Å². The largest absolute Gasteiger partial charge is 0.322 e. The summed E-state index contributed by atoms with van der Waals surface area (Å²) in [6.07, 6.45) is 0. The molecule has 0 saturated heterocycles. The molecule has 3 aromatic carbocycles. The van der Waals surface area contributed by atoms with E-state index in [9.17, 15) is 8.42 Å². The lowest BCUT2D eigenvalue weighted by molar-refractivity contribution is 0.504. The van der Waals surface area contributed by atoms with Crippen LogP contribution in [0.4, 0.5) is 0 Å². The first-order valence-corrected chi connectivity index (χ1v) is 10.5. The number of rotatable bonds is 6. The monoisotopic (exact) mass is 420 g/mol. The first kappa shape index (κ1) is 19.9. The van der Waals surface area contributed by atoms with Gasteiger partial charge >= 0.3 is 0 Å². The zero-order valence-corrected chi connectivity index (χ0v) is 16.5. The molecule has 0 aliphatic rings. The van der Waals surface area contributed by atoms with Crippen molar-refractivity contribution in [2.75, 3.05) is 0 Å². The van der Waals surface area contributed by atoms with Crippen molar-refractivity contribution in [3.05, 3.63) is 100 Å². The topological polar surface area (TPSA) is 72.2 Å². The van der Waals surface area contributed by atoms with Crippen LogP contribution in [0.3, 0.4) is 0 Å². The van der Waals surface area contributed by atoms with E-state index in [1.54, 1.807) is 6.07 Å². The fraction of sp³-hybridized carbons (Fsp3) is 0.100. The Bertz CT molecular complexity index is 992. The van der Waals surface area contributed by atoms with Gasteiger partial charge in [-0.25, -0.2) is 13.1 Å². The van der Waals surface area contributed by atoms with Gasteiger partial charge in [0.1, 0.15) is 4.90 Å². The molecule has 0 aliphatic carbocycles. The summed E-state index contributed by atoms with van der Waals surface area (Å²) in [5.41, 5.74) is 7.98. The Kier molecular flexibility index (Phi) is 6.19. The van der Waals surface area contributed by atoms with Gasteiger partial charge in [0.2, 0.25) is 10.0 Å². The van der Waals surface area contributed by atoms with Gasteiger partial charge in [0.25, 0.3) is 0 Å². The van der Waals surface area contributed by atoms with Crippen molar-refractivity contribution in [2.45, 2.75) is 17.0 Å². The van der Waals surface area contributed by atoms with Crippen molar-refractivity contribution < 1.29 is 8.42 Å². The van der Waals surface area contributed by atoms with E-state index in [0.29, 0.717) is 0 Å². The molecular weight excluding hydrogens is 403 g/mol. The fourth-order valence-corrected chi connectivity index (χ4v) is 5.23. The van der Waals surface area contributed by atoms with Crippen molar-refractivity contribution in [2.24, 2.45) is 5.73 Å². The van der Waals surface area contributed by atoms with Crippen LogP contribution in [0.25, 0.3) is 0 Å². The average Bonchev–Trinajstić information content (AvgIpc) is 2.67. The molecular formula is C20H18Cl2N2O2S. The molecule has 27 heavy (non-hydrogen) atoms. The summed E-state index contributed by atoms with van der Waals surface area (Å²) >= 11 is 12.2. The summed E-state index contributed by atoms with van der Waals surface area (Å²) < 4.78 is 28.8. The van der Waals surface area contributed by atoms with Gasteiger partial charge in [-0.3, -0.25) is 0 Å². The van der Waals surface area contributed by atoms with Crippen LogP contribution < -0.4 is 10.5 Å². The minimum atomic E-state index is -4.02. The van der Waals surface area contributed by atoms with E-state index < -0.39 is 22.1 Å². The van der Waals surface area contributed by atoms with E-state index in [-0.39, 0.29) is 14.9 Å². The third kappa shape index (κ3) is 4.51. The normalized spacial score (nSPS) is 13.9. The van der Waals surface area contributed by atoms with E-state index in [4.69, 9.17) is 28.9 Å². The van der Waals surface area contributed by atoms with Crippen LogP contribution in [0.1, 0.15) is 23.2 Å².